The third-order valence-electron chi connectivity index (χ3n) is 3.33. The van der Waals surface area contributed by atoms with Gasteiger partial charge in [0.15, 0.2) is 12.4 Å². The molecular weight excluding hydrogens is 278 g/mol. The lowest BCUT2D eigenvalue weighted by Crippen LogP contribution is -2.40. The van der Waals surface area contributed by atoms with Gasteiger partial charge in [-0.05, 0) is 23.6 Å². The predicted molar refractivity (Wildman–Crippen MR) is 84.3 cm³/mol. The molecule has 2 aromatic rings. The number of primary amides is 1. The van der Waals surface area contributed by atoms with Crippen LogP contribution in [0.15, 0.2) is 48.8 Å². The number of carbonyl (C=O) groups excluding carboxylic acids is 2. The summed E-state index contributed by atoms with van der Waals surface area (Å²) in [4.78, 5) is 23.3. The minimum Gasteiger partial charge on any atom is -0.365 e. The largest absolute Gasteiger partial charge is 0.365 e. The average molecular weight is 298 g/mol. The van der Waals surface area contributed by atoms with Gasteiger partial charge in [-0.2, -0.15) is 4.57 Å². The molecule has 2 amide bonds. The molecule has 1 heterocycles. The van der Waals surface area contributed by atoms with Gasteiger partial charge < -0.3 is 11.1 Å². The first-order valence-corrected chi connectivity index (χ1v) is 7.15. The van der Waals surface area contributed by atoms with E-state index in [2.05, 4.69) is 19.2 Å². The van der Waals surface area contributed by atoms with Crippen molar-refractivity contribution >= 4 is 17.5 Å². The van der Waals surface area contributed by atoms with Gasteiger partial charge in [-0.1, -0.05) is 32.0 Å². The number of nitrogens with two attached hydrogens (primary N) is 1. The smallest absolute Gasteiger partial charge is 0.290 e. The normalized spacial score (nSPS) is 10.5. The summed E-state index contributed by atoms with van der Waals surface area (Å²) in [6, 6.07) is 11.0. The van der Waals surface area contributed by atoms with Crippen LogP contribution in [0.3, 0.4) is 0 Å². The lowest BCUT2D eigenvalue weighted by Gasteiger charge is -2.12. The van der Waals surface area contributed by atoms with Crippen LogP contribution in [-0.4, -0.2) is 11.8 Å². The molecule has 0 fully saturated rings. The maximum Gasteiger partial charge on any atom is 0.290 e. The summed E-state index contributed by atoms with van der Waals surface area (Å²) in [5, 5.41) is 2.91. The van der Waals surface area contributed by atoms with E-state index in [1.807, 2.05) is 24.3 Å². The first-order valence-electron chi connectivity index (χ1n) is 7.15. The molecular formula is C17H20N3O2+. The van der Waals surface area contributed by atoms with Gasteiger partial charge >= 0.3 is 0 Å². The number of amides is 2. The zero-order valence-corrected chi connectivity index (χ0v) is 12.7. The van der Waals surface area contributed by atoms with Crippen LogP contribution in [0.4, 0.5) is 5.69 Å². The van der Waals surface area contributed by atoms with Gasteiger partial charge in [-0.3, -0.25) is 9.59 Å². The van der Waals surface area contributed by atoms with E-state index < -0.39 is 5.91 Å². The van der Waals surface area contributed by atoms with Gasteiger partial charge in [-0.15, -0.1) is 0 Å². The molecule has 1 aromatic heterocycles. The number of carbonyl (C=O) groups is 2. The number of hydrogen-bond acceptors (Lipinski definition) is 2. The molecule has 1 aromatic carbocycles. The van der Waals surface area contributed by atoms with Crippen molar-refractivity contribution in [3.63, 3.8) is 0 Å². The monoisotopic (exact) mass is 298 g/mol. The zero-order chi connectivity index (χ0) is 16.1. The number of nitrogens with zero attached hydrogens (tertiary/aromatic N) is 1. The Morgan fingerprint density at radius 2 is 1.91 bits per heavy atom. The van der Waals surface area contributed by atoms with Crippen molar-refractivity contribution in [2.75, 3.05) is 5.32 Å². The summed E-state index contributed by atoms with van der Waals surface area (Å²) in [7, 11) is 0. The van der Waals surface area contributed by atoms with Gasteiger partial charge in [0.2, 0.25) is 6.54 Å². The number of pyridine rings is 1. The molecule has 0 atom stereocenters. The van der Waals surface area contributed by atoms with Gasteiger partial charge in [0.1, 0.15) is 5.56 Å². The summed E-state index contributed by atoms with van der Waals surface area (Å²) < 4.78 is 1.63. The molecule has 22 heavy (non-hydrogen) atoms. The lowest BCUT2D eigenvalue weighted by molar-refractivity contribution is -0.684. The van der Waals surface area contributed by atoms with Crippen molar-refractivity contribution in [1.82, 2.24) is 0 Å². The minimum absolute atomic E-state index is 0.119. The van der Waals surface area contributed by atoms with Crippen LogP contribution in [0, 0.1) is 0 Å². The molecule has 0 saturated carbocycles. The Labute approximate surface area is 129 Å². The predicted octanol–water partition coefficient (Wildman–Crippen LogP) is 1.84. The van der Waals surface area contributed by atoms with Crippen LogP contribution in [0.2, 0.25) is 0 Å². The Morgan fingerprint density at radius 1 is 1.18 bits per heavy atom. The maximum absolute atomic E-state index is 12.2. The van der Waals surface area contributed by atoms with Crippen molar-refractivity contribution in [2.45, 2.75) is 26.3 Å². The van der Waals surface area contributed by atoms with Crippen LogP contribution in [-0.2, 0) is 11.3 Å². The van der Waals surface area contributed by atoms with Crippen molar-refractivity contribution in [3.05, 3.63) is 59.9 Å². The summed E-state index contributed by atoms with van der Waals surface area (Å²) in [6.07, 6.45) is 3.29. The molecule has 5 nitrogen and oxygen atoms in total. The highest BCUT2D eigenvalue weighted by molar-refractivity contribution is 5.92. The highest BCUT2D eigenvalue weighted by atomic mass is 16.2. The van der Waals surface area contributed by atoms with E-state index in [9.17, 15) is 9.59 Å². The number of aromatic nitrogens is 1. The van der Waals surface area contributed by atoms with Crippen molar-refractivity contribution < 1.29 is 14.2 Å². The number of para-hydroxylation sites is 1. The molecule has 0 unspecified atom stereocenters. The van der Waals surface area contributed by atoms with E-state index in [-0.39, 0.29) is 12.5 Å². The fraction of sp³-hybridized carbons (Fsp3) is 0.235. The molecule has 5 heteroatoms. The summed E-state index contributed by atoms with van der Waals surface area (Å²) in [6.45, 7) is 4.28. The summed E-state index contributed by atoms with van der Waals surface area (Å²) >= 11 is 0. The Morgan fingerprint density at radius 3 is 2.59 bits per heavy atom. The molecule has 0 aliphatic heterocycles. The molecule has 2 rings (SSSR count). The molecule has 3 N–H and O–H groups in total. The van der Waals surface area contributed by atoms with Crippen molar-refractivity contribution in [3.8, 4) is 0 Å². The van der Waals surface area contributed by atoms with Crippen LogP contribution in [0.1, 0.15) is 35.7 Å². The summed E-state index contributed by atoms with van der Waals surface area (Å²) in [5.74, 6) is -0.345. The third-order valence-corrected chi connectivity index (χ3v) is 3.33. The highest BCUT2D eigenvalue weighted by Crippen LogP contribution is 2.23. The van der Waals surface area contributed by atoms with E-state index >= 15 is 0 Å². The SMILES string of the molecule is CC(C)c1ccccc1NC(=O)C[n+]1cccc(C(N)=O)c1. The number of hydrogen-bond donors (Lipinski definition) is 2. The average Bonchev–Trinajstić information content (AvgIpc) is 2.47. The second-order valence-corrected chi connectivity index (χ2v) is 5.42. The van der Waals surface area contributed by atoms with Gasteiger partial charge in [0.25, 0.3) is 11.8 Å². The van der Waals surface area contributed by atoms with E-state index in [1.165, 1.54) is 0 Å². The molecule has 0 radical (unpaired) electrons. The second kappa shape index (κ2) is 6.85. The van der Waals surface area contributed by atoms with E-state index in [4.69, 9.17) is 5.73 Å². The van der Waals surface area contributed by atoms with Crippen LogP contribution < -0.4 is 15.6 Å². The molecule has 114 valence electrons. The molecule has 0 aliphatic carbocycles. The highest BCUT2D eigenvalue weighted by Gasteiger charge is 2.14. The van der Waals surface area contributed by atoms with E-state index in [0.29, 0.717) is 11.5 Å². The zero-order valence-electron chi connectivity index (χ0n) is 12.7. The van der Waals surface area contributed by atoms with Crippen molar-refractivity contribution in [2.24, 2.45) is 5.73 Å². The fourth-order valence-electron chi connectivity index (χ4n) is 2.24. The number of nitrogens with one attached hydrogen (secondary N) is 1. The first-order chi connectivity index (χ1) is 10.5. The van der Waals surface area contributed by atoms with E-state index in [0.717, 1.165) is 11.3 Å². The minimum atomic E-state index is -0.514. The van der Waals surface area contributed by atoms with Gasteiger partial charge in [0, 0.05) is 11.8 Å². The van der Waals surface area contributed by atoms with E-state index in [1.54, 1.807) is 29.1 Å². The molecule has 0 spiro atoms. The number of rotatable bonds is 5. The van der Waals surface area contributed by atoms with Crippen molar-refractivity contribution in [1.29, 1.82) is 0 Å². The molecule has 0 saturated heterocycles. The first kappa shape index (κ1) is 15.7. The maximum atomic E-state index is 12.2. The summed E-state index contributed by atoms with van der Waals surface area (Å²) in [5.41, 5.74) is 7.51. The topological polar surface area (TPSA) is 76.1 Å². The Kier molecular flexibility index (Phi) is 4.88. The van der Waals surface area contributed by atoms with Gasteiger partial charge in [-0.25, -0.2) is 0 Å². The Hall–Kier alpha value is -2.69. The lowest BCUT2D eigenvalue weighted by atomic mass is 10.0. The Balaban J connectivity index is 2.11. The van der Waals surface area contributed by atoms with Crippen LogP contribution in [0.25, 0.3) is 0 Å². The number of anilines is 1. The fourth-order valence-corrected chi connectivity index (χ4v) is 2.24. The Bertz CT molecular complexity index is 696. The standard InChI is InChI=1S/C17H19N3O2/c1-12(2)14-7-3-4-8-15(14)19-16(21)11-20-9-5-6-13(10-20)17(18)22/h3-10,12H,11H2,1-2H3,(H2-,18,19,21,22)/p+1. The van der Waals surface area contributed by atoms with Gasteiger partial charge in [0.05, 0.1) is 0 Å². The molecule has 0 bridgehead atoms. The quantitative estimate of drug-likeness (QED) is 0.826. The van der Waals surface area contributed by atoms with Crippen LogP contribution >= 0.6 is 0 Å². The molecule has 0 aliphatic rings. The second-order valence-electron chi connectivity index (χ2n) is 5.42. The number of benzene rings is 1. The third kappa shape index (κ3) is 3.91. The van der Waals surface area contributed by atoms with Crippen LogP contribution in [0.5, 0.6) is 0 Å².